The van der Waals surface area contributed by atoms with E-state index in [1.165, 1.54) is 37.6 Å². The van der Waals surface area contributed by atoms with E-state index in [4.69, 9.17) is 22.1 Å². The number of halogens is 2. The first-order chi connectivity index (χ1) is 9.51. The molecule has 0 fully saturated rings. The Morgan fingerprint density at radius 2 is 2.20 bits per heavy atom. The van der Waals surface area contributed by atoms with Gasteiger partial charge < -0.3 is 15.8 Å². The Hall–Kier alpha value is -2.34. The number of aromatic nitrogens is 1. The lowest BCUT2D eigenvalue weighted by Gasteiger charge is -2.09. The van der Waals surface area contributed by atoms with E-state index in [1.807, 2.05) is 0 Å². The molecule has 0 atom stereocenters. The van der Waals surface area contributed by atoms with Crippen molar-refractivity contribution in [1.82, 2.24) is 4.98 Å². The van der Waals surface area contributed by atoms with Gasteiger partial charge in [-0.15, -0.1) is 0 Å². The molecule has 1 aromatic heterocycles. The van der Waals surface area contributed by atoms with Crippen molar-refractivity contribution in [3.05, 3.63) is 46.9 Å². The van der Waals surface area contributed by atoms with Crippen LogP contribution in [0.5, 0.6) is 5.75 Å². The number of anilines is 2. The van der Waals surface area contributed by atoms with Crippen LogP contribution in [0.25, 0.3) is 0 Å². The highest BCUT2D eigenvalue weighted by Crippen LogP contribution is 2.23. The maximum atomic E-state index is 13.6. The number of nitrogens with two attached hydrogens (primary N) is 1. The van der Waals surface area contributed by atoms with Crippen LogP contribution in [0.2, 0.25) is 5.02 Å². The summed E-state index contributed by atoms with van der Waals surface area (Å²) in [6.45, 7) is 0. The SMILES string of the molecule is COc1ccc(F)c(NC(=O)c2cc(N)ncc2Cl)c1. The number of hydrogen-bond acceptors (Lipinski definition) is 4. The van der Waals surface area contributed by atoms with Crippen LogP contribution in [-0.2, 0) is 0 Å². The third kappa shape index (κ3) is 2.97. The normalized spacial score (nSPS) is 10.2. The summed E-state index contributed by atoms with van der Waals surface area (Å²) in [6, 6.07) is 5.32. The van der Waals surface area contributed by atoms with E-state index in [0.29, 0.717) is 5.75 Å². The van der Waals surface area contributed by atoms with Crippen molar-refractivity contribution in [1.29, 1.82) is 0 Å². The van der Waals surface area contributed by atoms with Gasteiger partial charge in [0.2, 0.25) is 0 Å². The number of rotatable bonds is 3. The van der Waals surface area contributed by atoms with Crippen LogP contribution in [-0.4, -0.2) is 18.0 Å². The van der Waals surface area contributed by atoms with Gasteiger partial charge in [0.15, 0.2) is 0 Å². The van der Waals surface area contributed by atoms with E-state index in [2.05, 4.69) is 10.3 Å². The fourth-order valence-electron chi connectivity index (χ4n) is 1.55. The molecule has 0 saturated carbocycles. The van der Waals surface area contributed by atoms with E-state index in [-0.39, 0.29) is 22.1 Å². The number of amides is 1. The Morgan fingerprint density at radius 1 is 1.45 bits per heavy atom. The predicted molar refractivity (Wildman–Crippen MR) is 74.6 cm³/mol. The van der Waals surface area contributed by atoms with Crippen LogP contribution in [0.1, 0.15) is 10.4 Å². The molecule has 0 radical (unpaired) electrons. The van der Waals surface area contributed by atoms with Crippen LogP contribution < -0.4 is 15.8 Å². The average Bonchev–Trinajstić information content (AvgIpc) is 2.43. The lowest BCUT2D eigenvalue weighted by molar-refractivity contribution is 0.102. The number of methoxy groups -OCH3 is 1. The van der Waals surface area contributed by atoms with Gasteiger partial charge >= 0.3 is 0 Å². The Kier molecular flexibility index (Phi) is 4.05. The number of carbonyl (C=O) groups excluding carboxylic acids is 1. The van der Waals surface area contributed by atoms with Crippen molar-refractivity contribution in [2.24, 2.45) is 0 Å². The highest BCUT2D eigenvalue weighted by molar-refractivity contribution is 6.34. The molecule has 104 valence electrons. The molecule has 0 unspecified atom stereocenters. The fraction of sp³-hybridized carbons (Fsp3) is 0.0769. The quantitative estimate of drug-likeness (QED) is 0.912. The van der Waals surface area contributed by atoms with Crippen molar-refractivity contribution >= 4 is 29.0 Å². The zero-order valence-electron chi connectivity index (χ0n) is 10.5. The molecule has 0 aliphatic carbocycles. The molecule has 1 aromatic carbocycles. The van der Waals surface area contributed by atoms with Crippen molar-refractivity contribution in [3.8, 4) is 5.75 Å². The number of ether oxygens (including phenoxy) is 1. The number of pyridine rings is 1. The van der Waals surface area contributed by atoms with Gasteiger partial charge in [0.25, 0.3) is 5.91 Å². The summed E-state index contributed by atoms with van der Waals surface area (Å²) in [5.41, 5.74) is 5.59. The fourth-order valence-corrected chi connectivity index (χ4v) is 1.73. The monoisotopic (exact) mass is 295 g/mol. The molecule has 7 heteroatoms. The molecule has 20 heavy (non-hydrogen) atoms. The van der Waals surface area contributed by atoms with E-state index < -0.39 is 11.7 Å². The minimum atomic E-state index is -0.587. The molecule has 0 spiro atoms. The first-order valence-corrected chi connectivity index (χ1v) is 5.95. The molecule has 5 nitrogen and oxygen atoms in total. The summed E-state index contributed by atoms with van der Waals surface area (Å²) < 4.78 is 18.6. The molecule has 0 aliphatic rings. The first-order valence-electron chi connectivity index (χ1n) is 5.57. The molecular formula is C13H11ClFN3O2. The smallest absolute Gasteiger partial charge is 0.257 e. The first kappa shape index (κ1) is 14.1. The van der Waals surface area contributed by atoms with Gasteiger partial charge in [-0.3, -0.25) is 4.79 Å². The van der Waals surface area contributed by atoms with Crippen molar-refractivity contribution in [2.75, 3.05) is 18.2 Å². The Bertz CT molecular complexity index is 664. The zero-order chi connectivity index (χ0) is 14.7. The second-order valence-corrected chi connectivity index (χ2v) is 4.30. The second kappa shape index (κ2) is 5.75. The minimum absolute atomic E-state index is 0.0131. The lowest BCUT2D eigenvalue weighted by Crippen LogP contribution is -2.14. The molecule has 2 rings (SSSR count). The largest absolute Gasteiger partial charge is 0.497 e. The molecule has 1 heterocycles. The number of benzene rings is 1. The standard InChI is InChI=1S/C13H11ClFN3O2/c1-20-7-2-3-10(15)11(4-7)18-13(19)8-5-12(16)17-6-9(8)14/h2-6H,1H3,(H2,16,17)(H,18,19). The summed E-state index contributed by atoms with van der Waals surface area (Å²) in [6.07, 6.45) is 1.26. The predicted octanol–water partition coefficient (Wildman–Crippen LogP) is 2.72. The summed E-state index contributed by atoms with van der Waals surface area (Å²) >= 11 is 5.86. The Labute approximate surface area is 119 Å². The van der Waals surface area contributed by atoms with Crippen molar-refractivity contribution < 1.29 is 13.9 Å². The van der Waals surface area contributed by atoms with Gasteiger partial charge in [-0.05, 0) is 18.2 Å². The second-order valence-electron chi connectivity index (χ2n) is 3.89. The van der Waals surface area contributed by atoms with Gasteiger partial charge in [-0.1, -0.05) is 11.6 Å². The van der Waals surface area contributed by atoms with Crippen LogP contribution in [0.3, 0.4) is 0 Å². The van der Waals surface area contributed by atoms with Gasteiger partial charge in [-0.2, -0.15) is 0 Å². The number of nitrogens with one attached hydrogen (secondary N) is 1. The van der Waals surface area contributed by atoms with Crippen LogP contribution in [0.4, 0.5) is 15.9 Å². The van der Waals surface area contributed by atoms with E-state index in [9.17, 15) is 9.18 Å². The highest BCUT2D eigenvalue weighted by atomic mass is 35.5. The number of nitrogens with zero attached hydrogens (tertiary/aromatic N) is 1. The molecule has 0 saturated heterocycles. The van der Waals surface area contributed by atoms with Gasteiger partial charge in [0, 0.05) is 12.3 Å². The Morgan fingerprint density at radius 3 is 2.90 bits per heavy atom. The van der Waals surface area contributed by atoms with Gasteiger partial charge in [0.1, 0.15) is 17.4 Å². The maximum Gasteiger partial charge on any atom is 0.257 e. The number of carbonyl (C=O) groups is 1. The zero-order valence-corrected chi connectivity index (χ0v) is 11.2. The van der Waals surface area contributed by atoms with E-state index in [1.54, 1.807) is 0 Å². The Balaban J connectivity index is 2.30. The van der Waals surface area contributed by atoms with Crippen molar-refractivity contribution in [2.45, 2.75) is 0 Å². The summed E-state index contributed by atoms with van der Waals surface area (Å²) in [5.74, 6) is -0.610. The molecule has 1 amide bonds. The molecule has 3 N–H and O–H groups in total. The third-order valence-electron chi connectivity index (χ3n) is 2.54. The summed E-state index contributed by atoms with van der Waals surface area (Å²) in [7, 11) is 1.44. The highest BCUT2D eigenvalue weighted by Gasteiger charge is 2.14. The van der Waals surface area contributed by atoms with Gasteiger partial charge in [0.05, 0.1) is 23.4 Å². The molecular weight excluding hydrogens is 285 g/mol. The van der Waals surface area contributed by atoms with Crippen LogP contribution >= 0.6 is 11.6 Å². The van der Waals surface area contributed by atoms with Crippen LogP contribution in [0.15, 0.2) is 30.5 Å². The molecule has 2 aromatic rings. The summed E-state index contributed by atoms with van der Waals surface area (Å²) in [5, 5.41) is 2.53. The van der Waals surface area contributed by atoms with Gasteiger partial charge in [-0.25, -0.2) is 9.37 Å². The van der Waals surface area contributed by atoms with Crippen LogP contribution in [0, 0.1) is 5.82 Å². The topological polar surface area (TPSA) is 77.2 Å². The van der Waals surface area contributed by atoms with Crippen molar-refractivity contribution in [3.63, 3.8) is 0 Å². The molecule has 0 bridgehead atoms. The van der Waals surface area contributed by atoms with E-state index in [0.717, 1.165) is 0 Å². The number of nitrogen functional groups attached to an aromatic ring is 1. The van der Waals surface area contributed by atoms with E-state index >= 15 is 0 Å². The maximum absolute atomic E-state index is 13.6. The minimum Gasteiger partial charge on any atom is -0.497 e. The number of hydrogen-bond donors (Lipinski definition) is 2. The average molecular weight is 296 g/mol. The third-order valence-corrected chi connectivity index (χ3v) is 2.84. The molecule has 0 aliphatic heterocycles. The lowest BCUT2D eigenvalue weighted by atomic mass is 10.2. The summed E-state index contributed by atoms with van der Waals surface area (Å²) in [4.78, 5) is 15.8.